The van der Waals surface area contributed by atoms with E-state index in [4.69, 9.17) is 14.0 Å². The molecule has 0 aliphatic heterocycles. The number of aromatic nitrogens is 1. The Labute approximate surface area is 187 Å². The number of rotatable bonds is 11. The number of aliphatic carboxylic acids is 1. The first-order valence-corrected chi connectivity index (χ1v) is 10.6. The molecule has 7 heteroatoms. The van der Waals surface area contributed by atoms with Crippen molar-refractivity contribution in [2.45, 2.75) is 33.1 Å². The molecule has 2 aromatic carbocycles. The second-order valence-electron chi connectivity index (χ2n) is 7.34. The second kappa shape index (κ2) is 11.1. The van der Waals surface area contributed by atoms with Gasteiger partial charge in [-0.1, -0.05) is 42.4 Å². The fourth-order valence-electron chi connectivity index (χ4n) is 3.43. The van der Waals surface area contributed by atoms with Gasteiger partial charge in [0, 0.05) is 12.0 Å². The normalized spacial score (nSPS) is 12.4. The molecule has 32 heavy (non-hydrogen) atoms. The summed E-state index contributed by atoms with van der Waals surface area (Å²) in [4.78, 5) is 21.0. The summed E-state index contributed by atoms with van der Waals surface area (Å²) in [5.41, 5.74) is 3.22. The van der Waals surface area contributed by atoms with Crippen LogP contribution in [0.3, 0.4) is 0 Å². The molecule has 0 fully saturated rings. The zero-order chi connectivity index (χ0) is 22.9. The Hall–Kier alpha value is -3.61. The first kappa shape index (κ1) is 23.1. The van der Waals surface area contributed by atoms with Gasteiger partial charge in [0.2, 0.25) is 5.89 Å². The molecule has 168 valence electrons. The number of hydrogen-bond donors (Lipinski definition) is 1. The molecule has 1 N–H and O–H groups in total. The van der Waals surface area contributed by atoms with Crippen molar-refractivity contribution in [3.05, 3.63) is 71.6 Å². The van der Waals surface area contributed by atoms with Gasteiger partial charge < -0.3 is 19.1 Å². The minimum absolute atomic E-state index is 0.339. The number of hydrogen-bond acceptors (Lipinski definition) is 6. The van der Waals surface area contributed by atoms with E-state index in [1.807, 2.05) is 68.4 Å². The smallest absolute Gasteiger partial charge is 0.312 e. The lowest BCUT2D eigenvalue weighted by atomic mass is 9.93. The van der Waals surface area contributed by atoms with E-state index in [2.05, 4.69) is 10.1 Å². The fraction of sp³-hybridized carbons (Fsp3) is 0.320. The van der Waals surface area contributed by atoms with Crippen molar-refractivity contribution < 1.29 is 23.9 Å². The molecule has 7 nitrogen and oxygen atoms in total. The van der Waals surface area contributed by atoms with Crippen molar-refractivity contribution in [1.82, 2.24) is 4.98 Å². The summed E-state index contributed by atoms with van der Waals surface area (Å²) in [5, 5.41) is 13.4. The number of aryl methyl sites for hydroxylation is 1. The maximum Gasteiger partial charge on any atom is 0.312 e. The molecule has 0 bridgehead atoms. The minimum Gasteiger partial charge on any atom is -0.493 e. The molecule has 0 amide bonds. The molecule has 1 unspecified atom stereocenters. The van der Waals surface area contributed by atoms with Gasteiger partial charge in [0.15, 0.2) is 0 Å². The molecule has 0 saturated carbocycles. The van der Waals surface area contributed by atoms with E-state index in [1.165, 1.54) is 7.11 Å². The van der Waals surface area contributed by atoms with Gasteiger partial charge in [-0.15, -0.1) is 0 Å². The average molecular weight is 437 g/mol. The summed E-state index contributed by atoms with van der Waals surface area (Å²) in [7, 11) is 1.42. The number of ether oxygens (including phenoxy) is 1. The van der Waals surface area contributed by atoms with E-state index < -0.39 is 11.9 Å². The van der Waals surface area contributed by atoms with Crippen molar-refractivity contribution in [1.29, 1.82) is 0 Å². The summed E-state index contributed by atoms with van der Waals surface area (Å²) in [6, 6.07) is 17.2. The van der Waals surface area contributed by atoms with Crippen molar-refractivity contribution in [2.75, 3.05) is 13.7 Å². The third kappa shape index (κ3) is 5.97. The molecule has 3 rings (SSSR count). The van der Waals surface area contributed by atoms with Crippen LogP contribution < -0.4 is 4.74 Å². The largest absolute Gasteiger partial charge is 0.493 e. The maximum atomic E-state index is 11.7. The highest BCUT2D eigenvalue weighted by Gasteiger charge is 2.24. The molecule has 0 aliphatic rings. The number of oxime groups is 1. The molecule has 0 saturated heterocycles. The number of carbonyl (C=O) groups is 1. The van der Waals surface area contributed by atoms with Crippen LogP contribution >= 0.6 is 0 Å². The molecule has 1 atom stereocenters. The molecular weight excluding hydrogens is 408 g/mol. The first-order chi connectivity index (χ1) is 15.5. The summed E-state index contributed by atoms with van der Waals surface area (Å²) in [6.45, 7) is 4.23. The van der Waals surface area contributed by atoms with Gasteiger partial charge >= 0.3 is 5.97 Å². The lowest BCUT2D eigenvalue weighted by Gasteiger charge is -2.14. The monoisotopic (exact) mass is 436 g/mol. The summed E-state index contributed by atoms with van der Waals surface area (Å²) in [5.74, 6) is 0.471. The second-order valence-corrected chi connectivity index (χ2v) is 7.34. The van der Waals surface area contributed by atoms with Crippen molar-refractivity contribution >= 4 is 11.7 Å². The van der Waals surface area contributed by atoms with Gasteiger partial charge in [-0.3, -0.25) is 4.79 Å². The number of oxazole rings is 1. The number of carboxylic acid groups (broad SMARTS) is 1. The Morgan fingerprint density at radius 1 is 1.16 bits per heavy atom. The van der Waals surface area contributed by atoms with Crippen molar-refractivity contribution in [3.63, 3.8) is 0 Å². The van der Waals surface area contributed by atoms with Crippen LogP contribution in [0.25, 0.3) is 11.5 Å². The number of nitrogens with zero attached hydrogens (tertiary/aromatic N) is 2. The highest BCUT2D eigenvalue weighted by molar-refractivity contribution is 6.01. The van der Waals surface area contributed by atoms with Crippen LogP contribution in [-0.4, -0.2) is 35.5 Å². The fourth-order valence-corrected chi connectivity index (χ4v) is 3.43. The highest BCUT2D eigenvalue weighted by Crippen LogP contribution is 2.22. The summed E-state index contributed by atoms with van der Waals surface area (Å²) < 4.78 is 11.6. The Balaban J connectivity index is 1.57. The third-order valence-corrected chi connectivity index (χ3v) is 5.16. The Kier molecular flexibility index (Phi) is 8.02. The Morgan fingerprint density at radius 3 is 2.50 bits per heavy atom. The molecule has 0 radical (unpaired) electrons. The van der Waals surface area contributed by atoms with Crippen LogP contribution in [0.15, 0.2) is 64.2 Å². The Bertz CT molecular complexity index is 1040. The van der Waals surface area contributed by atoms with Crippen LogP contribution in [0.2, 0.25) is 0 Å². The zero-order valence-corrected chi connectivity index (χ0v) is 18.6. The lowest BCUT2D eigenvalue weighted by molar-refractivity contribution is -0.139. The molecule has 1 aromatic heterocycles. The van der Waals surface area contributed by atoms with Gasteiger partial charge in [0.25, 0.3) is 0 Å². The van der Waals surface area contributed by atoms with E-state index in [0.717, 1.165) is 22.6 Å². The summed E-state index contributed by atoms with van der Waals surface area (Å²) >= 11 is 0. The molecule has 3 aromatic rings. The SMILES string of the molecule is CC/C(=N\OC)C(Cc1ccc(OCCc2nc(-c3ccccc3)oc2C)cc1)C(=O)O. The topological polar surface area (TPSA) is 94.2 Å². The average Bonchev–Trinajstić information content (AvgIpc) is 3.18. The molecule has 0 spiro atoms. The third-order valence-electron chi connectivity index (χ3n) is 5.16. The van der Waals surface area contributed by atoms with Gasteiger partial charge in [0.05, 0.1) is 18.0 Å². The van der Waals surface area contributed by atoms with Crippen LogP contribution in [-0.2, 0) is 22.5 Å². The van der Waals surface area contributed by atoms with Crippen molar-refractivity contribution in [2.24, 2.45) is 11.1 Å². The molecular formula is C25H28N2O5. The van der Waals surface area contributed by atoms with Crippen molar-refractivity contribution in [3.8, 4) is 17.2 Å². The van der Waals surface area contributed by atoms with E-state index in [9.17, 15) is 9.90 Å². The van der Waals surface area contributed by atoms with Gasteiger partial charge in [-0.25, -0.2) is 4.98 Å². The van der Waals surface area contributed by atoms with Crippen LogP contribution in [0.1, 0.15) is 30.4 Å². The lowest BCUT2D eigenvalue weighted by Crippen LogP contribution is -2.26. The maximum absolute atomic E-state index is 11.7. The van der Waals surface area contributed by atoms with Gasteiger partial charge in [-0.2, -0.15) is 0 Å². The van der Waals surface area contributed by atoms with E-state index in [-0.39, 0.29) is 0 Å². The van der Waals surface area contributed by atoms with E-state index in [1.54, 1.807) is 0 Å². The quantitative estimate of drug-likeness (QED) is 0.338. The molecule has 1 heterocycles. The summed E-state index contributed by atoms with van der Waals surface area (Å²) in [6.07, 6.45) is 1.48. The van der Waals surface area contributed by atoms with E-state index in [0.29, 0.717) is 43.2 Å². The van der Waals surface area contributed by atoms with Crippen LogP contribution in [0.5, 0.6) is 5.75 Å². The van der Waals surface area contributed by atoms with Gasteiger partial charge in [0.1, 0.15) is 24.5 Å². The van der Waals surface area contributed by atoms with E-state index >= 15 is 0 Å². The zero-order valence-electron chi connectivity index (χ0n) is 18.6. The highest BCUT2D eigenvalue weighted by atomic mass is 16.6. The van der Waals surface area contributed by atoms with Gasteiger partial charge in [-0.05, 0) is 49.6 Å². The van der Waals surface area contributed by atoms with Crippen LogP contribution in [0.4, 0.5) is 0 Å². The number of benzene rings is 2. The predicted octanol–water partition coefficient (Wildman–Crippen LogP) is 4.93. The standard InChI is InChI=1S/C25H28N2O5/c1-4-22(27-30-3)21(25(28)29)16-18-10-12-20(13-11-18)31-15-14-23-17(2)32-24(26-23)19-8-6-5-7-9-19/h5-13,21H,4,14-16H2,1-3H3,(H,28,29)/b27-22+. The molecule has 0 aliphatic carbocycles. The Morgan fingerprint density at radius 2 is 1.88 bits per heavy atom. The number of carboxylic acids is 1. The predicted molar refractivity (Wildman–Crippen MR) is 122 cm³/mol. The first-order valence-electron chi connectivity index (χ1n) is 10.6. The van der Waals surface area contributed by atoms with Crippen LogP contribution in [0, 0.1) is 12.8 Å². The minimum atomic E-state index is -0.916.